The highest BCUT2D eigenvalue weighted by Gasteiger charge is 2.14. The number of likely N-dealkylation sites (tertiary alicyclic amines) is 1. The molecule has 1 fully saturated rings. The van der Waals surface area contributed by atoms with Crippen molar-refractivity contribution in [2.24, 2.45) is 5.92 Å². The molecule has 4 heteroatoms. The third kappa shape index (κ3) is 4.34. The first-order valence-electron chi connectivity index (χ1n) is 7.14. The number of rotatable bonds is 7. The minimum atomic E-state index is 0.738. The SMILES string of the molecule is CCc1ncc(CNCC(C)CN2CCCC2)s1. The third-order valence-corrected chi connectivity index (χ3v) is 4.61. The molecule has 3 nitrogen and oxygen atoms in total. The maximum absolute atomic E-state index is 4.39. The molecule has 0 amide bonds. The van der Waals surface area contributed by atoms with E-state index in [-0.39, 0.29) is 0 Å². The van der Waals surface area contributed by atoms with E-state index >= 15 is 0 Å². The molecule has 1 aliphatic heterocycles. The van der Waals surface area contributed by atoms with Crippen molar-refractivity contribution in [1.29, 1.82) is 0 Å². The van der Waals surface area contributed by atoms with Gasteiger partial charge in [0.1, 0.15) is 0 Å². The summed E-state index contributed by atoms with van der Waals surface area (Å²) in [4.78, 5) is 8.34. The number of nitrogens with zero attached hydrogens (tertiary/aromatic N) is 2. The zero-order valence-corrected chi connectivity index (χ0v) is 12.4. The van der Waals surface area contributed by atoms with Gasteiger partial charge < -0.3 is 10.2 Å². The summed E-state index contributed by atoms with van der Waals surface area (Å²) >= 11 is 1.83. The van der Waals surface area contributed by atoms with Crippen LogP contribution >= 0.6 is 11.3 Å². The van der Waals surface area contributed by atoms with Crippen molar-refractivity contribution in [3.63, 3.8) is 0 Å². The van der Waals surface area contributed by atoms with Crippen LogP contribution in [0.5, 0.6) is 0 Å². The van der Waals surface area contributed by atoms with Crippen molar-refractivity contribution in [3.8, 4) is 0 Å². The molecule has 18 heavy (non-hydrogen) atoms. The third-order valence-electron chi connectivity index (χ3n) is 3.46. The first kappa shape index (κ1) is 14.0. The Hall–Kier alpha value is -0.450. The van der Waals surface area contributed by atoms with Crippen LogP contribution in [0.2, 0.25) is 0 Å². The second kappa shape index (κ2) is 7.22. The zero-order chi connectivity index (χ0) is 12.8. The van der Waals surface area contributed by atoms with Gasteiger partial charge in [0.2, 0.25) is 0 Å². The first-order valence-corrected chi connectivity index (χ1v) is 7.96. The van der Waals surface area contributed by atoms with E-state index in [0.717, 1.165) is 25.4 Å². The number of nitrogens with one attached hydrogen (secondary N) is 1. The lowest BCUT2D eigenvalue weighted by Crippen LogP contribution is -2.31. The predicted octanol–water partition coefficient (Wildman–Crippen LogP) is 2.53. The molecule has 0 aromatic carbocycles. The van der Waals surface area contributed by atoms with E-state index in [9.17, 15) is 0 Å². The zero-order valence-electron chi connectivity index (χ0n) is 11.6. The summed E-state index contributed by atoms with van der Waals surface area (Å²) in [6, 6.07) is 0. The molecule has 0 bridgehead atoms. The highest BCUT2D eigenvalue weighted by molar-refractivity contribution is 7.11. The smallest absolute Gasteiger partial charge is 0.0925 e. The van der Waals surface area contributed by atoms with Gasteiger partial charge in [-0.25, -0.2) is 4.98 Å². The molecule has 0 aliphatic carbocycles. The van der Waals surface area contributed by atoms with Crippen LogP contribution in [0.4, 0.5) is 0 Å². The van der Waals surface area contributed by atoms with Crippen LogP contribution in [0.1, 0.15) is 36.6 Å². The monoisotopic (exact) mass is 267 g/mol. The van der Waals surface area contributed by atoms with Crippen LogP contribution in [0, 0.1) is 5.92 Å². The Labute approximate surface area is 115 Å². The molecule has 1 N–H and O–H groups in total. The highest BCUT2D eigenvalue weighted by Crippen LogP contribution is 2.13. The molecule has 2 rings (SSSR count). The lowest BCUT2D eigenvalue weighted by atomic mass is 10.1. The molecule has 1 unspecified atom stereocenters. The number of thiazole rings is 1. The molecule has 0 saturated carbocycles. The maximum Gasteiger partial charge on any atom is 0.0925 e. The van der Waals surface area contributed by atoms with E-state index in [1.54, 1.807) is 0 Å². The van der Waals surface area contributed by atoms with Gasteiger partial charge in [0.05, 0.1) is 5.01 Å². The maximum atomic E-state index is 4.39. The van der Waals surface area contributed by atoms with E-state index in [2.05, 4.69) is 29.0 Å². The fourth-order valence-corrected chi connectivity index (χ4v) is 3.34. The van der Waals surface area contributed by atoms with Crippen LogP contribution in [0.25, 0.3) is 0 Å². The second-order valence-corrected chi connectivity index (χ2v) is 6.52. The topological polar surface area (TPSA) is 28.2 Å². The van der Waals surface area contributed by atoms with Crippen LogP contribution in [-0.4, -0.2) is 36.1 Å². The Morgan fingerprint density at radius 1 is 1.44 bits per heavy atom. The minimum Gasteiger partial charge on any atom is -0.311 e. The molecule has 1 aromatic rings. The van der Waals surface area contributed by atoms with Crippen molar-refractivity contribution in [2.75, 3.05) is 26.2 Å². The van der Waals surface area contributed by atoms with E-state index in [1.165, 1.54) is 42.4 Å². The Balaban J connectivity index is 1.61. The van der Waals surface area contributed by atoms with Crippen molar-refractivity contribution in [2.45, 2.75) is 39.7 Å². The summed E-state index contributed by atoms with van der Waals surface area (Å²) in [7, 11) is 0. The standard InChI is InChI=1S/C14H25N3S/c1-3-14-16-10-13(18-14)9-15-8-12(2)11-17-6-4-5-7-17/h10,12,15H,3-9,11H2,1-2H3. The molecule has 1 saturated heterocycles. The van der Waals surface area contributed by atoms with Crippen molar-refractivity contribution >= 4 is 11.3 Å². The van der Waals surface area contributed by atoms with Gasteiger partial charge in [-0.05, 0) is 44.8 Å². The number of aromatic nitrogens is 1. The molecule has 2 heterocycles. The molecular formula is C14H25N3S. The Kier molecular flexibility index (Phi) is 5.60. The quantitative estimate of drug-likeness (QED) is 0.823. The molecule has 1 aromatic heterocycles. The average Bonchev–Trinajstić information content (AvgIpc) is 3.00. The average molecular weight is 267 g/mol. The Morgan fingerprint density at radius 2 is 2.22 bits per heavy atom. The van der Waals surface area contributed by atoms with Crippen molar-refractivity contribution in [3.05, 3.63) is 16.1 Å². The lowest BCUT2D eigenvalue weighted by molar-refractivity contribution is 0.283. The van der Waals surface area contributed by atoms with Crippen LogP contribution in [0.15, 0.2) is 6.20 Å². The van der Waals surface area contributed by atoms with Crippen molar-refractivity contribution < 1.29 is 0 Å². The summed E-state index contributed by atoms with van der Waals surface area (Å²) in [5, 5.41) is 4.80. The summed E-state index contributed by atoms with van der Waals surface area (Å²) < 4.78 is 0. The summed E-state index contributed by atoms with van der Waals surface area (Å²) in [6.07, 6.45) is 5.85. The van der Waals surface area contributed by atoms with Gasteiger partial charge in [-0.1, -0.05) is 13.8 Å². The van der Waals surface area contributed by atoms with Crippen molar-refractivity contribution in [1.82, 2.24) is 15.2 Å². The first-order chi connectivity index (χ1) is 8.78. The summed E-state index contributed by atoms with van der Waals surface area (Å²) in [6.45, 7) is 10.4. The lowest BCUT2D eigenvalue weighted by Gasteiger charge is -2.20. The van der Waals surface area contributed by atoms with Crippen LogP contribution in [0.3, 0.4) is 0 Å². The summed E-state index contributed by atoms with van der Waals surface area (Å²) in [5.41, 5.74) is 0. The predicted molar refractivity (Wildman–Crippen MR) is 78.0 cm³/mol. The molecule has 0 radical (unpaired) electrons. The van der Waals surface area contributed by atoms with Crippen LogP contribution in [-0.2, 0) is 13.0 Å². The minimum absolute atomic E-state index is 0.738. The Morgan fingerprint density at radius 3 is 2.89 bits per heavy atom. The Bertz CT molecular complexity index is 345. The van der Waals surface area contributed by atoms with Gasteiger partial charge in [-0.3, -0.25) is 0 Å². The number of hydrogen-bond donors (Lipinski definition) is 1. The summed E-state index contributed by atoms with van der Waals surface area (Å²) in [5.74, 6) is 0.738. The molecule has 102 valence electrons. The number of hydrogen-bond acceptors (Lipinski definition) is 4. The molecule has 0 spiro atoms. The van der Waals surface area contributed by atoms with Gasteiger partial charge in [-0.15, -0.1) is 11.3 Å². The van der Waals surface area contributed by atoms with Gasteiger partial charge in [0.15, 0.2) is 0 Å². The van der Waals surface area contributed by atoms with Gasteiger partial charge in [0.25, 0.3) is 0 Å². The molecule has 1 atom stereocenters. The second-order valence-electron chi connectivity index (χ2n) is 5.32. The molecule has 1 aliphatic rings. The number of aryl methyl sites for hydroxylation is 1. The van der Waals surface area contributed by atoms with Gasteiger partial charge in [-0.2, -0.15) is 0 Å². The van der Waals surface area contributed by atoms with E-state index in [1.807, 2.05) is 17.5 Å². The highest BCUT2D eigenvalue weighted by atomic mass is 32.1. The van der Waals surface area contributed by atoms with Gasteiger partial charge in [0, 0.05) is 24.2 Å². The van der Waals surface area contributed by atoms with E-state index < -0.39 is 0 Å². The molecular weight excluding hydrogens is 242 g/mol. The normalized spacial score (nSPS) is 18.3. The van der Waals surface area contributed by atoms with E-state index in [0.29, 0.717) is 0 Å². The van der Waals surface area contributed by atoms with Crippen LogP contribution < -0.4 is 5.32 Å². The van der Waals surface area contributed by atoms with E-state index in [4.69, 9.17) is 0 Å². The fraction of sp³-hybridized carbons (Fsp3) is 0.786. The fourth-order valence-electron chi connectivity index (χ4n) is 2.51. The largest absolute Gasteiger partial charge is 0.311 e. The van der Waals surface area contributed by atoms with Gasteiger partial charge >= 0.3 is 0 Å².